The van der Waals surface area contributed by atoms with Crippen LogP contribution in [-0.4, -0.2) is 33.0 Å². The number of rotatable bonds is 3. The van der Waals surface area contributed by atoms with Gasteiger partial charge in [0.2, 0.25) is 0 Å². The molecule has 15 heavy (non-hydrogen) atoms. The van der Waals surface area contributed by atoms with Gasteiger partial charge in [-0.15, -0.1) is 0 Å². The Labute approximate surface area is 88.8 Å². The number of ether oxygens (including phenoxy) is 1. The number of hydrogen-bond acceptors (Lipinski definition) is 5. The molecule has 0 aliphatic rings. The Kier molecular flexibility index (Phi) is 2.38. The summed E-state index contributed by atoms with van der Waals surface area (Å²) in [7, 11) is 1.52. The van der Waals surface area contributed by atoms with Crippen molar-refractivity contribution >= 4 is 17.3 Å². The van der Waals surface area contributed by atoms with Crippen LogP contribution in [0.4, 0.5) is 0 Å². The fourth-order valence-electron chi connectivity index (χ4n) is 1.01. The van der Waals surface area contributed by atoms with E-state index in [-0.39, 0.29) is 5.56 Å². The highest BCUT2D eigenvalue weighted by molar-refractivity contribution is 7.11. The molecule has 6 nitrogen and oxygen atoms in total. The molecule has 0 amide bonds. The monoisotopic (exact) mass is 225 g/mol. The Balaban J connectivity index is 2.32. The summed E-state index contributed by atoms with van der Waals surface area (Å²) in [6.45, 7) is 0. The molecular formula is C8H7N3O3S. The summed E-state index contributed by atoms with van der Waals surface area (Å²) in [5.41, 5.74) is 0.127. The van der Waals surface area contributed by atoms with Gasteiger partial charge in [-0.25, -0.2) is 9.48 Å². The molecular weight excluding hydrogens is 218 g/mol. The number of thiazole rings is 1. The van der Waals surface area contributed by atoms with Crippen LogP contribution in [0.2, 0.25) is 0 Å². The standard InChI is InChI=1S/C8H7N3O3S/c1-14-8-10-6(4-15-8)11-3-5(2-9-11)7(12)13/h2-4H,1H3,(H,12,13). The van der Waals surface area contributed by atoms with Crippen molar-refractivity contribution in [3.8, 4) is 11.0 Å². The van der Waals surface area contributed by atoms with E-state index in [1.807, 2.05) is 0 Å². The van der Waals surface area contributed by atoms with Gasteiger partial charge < -0.3 is 9.84 Å². The second-order valence-corrected chi connectivity index (χ2v) is 3.48. The van der Waals surface area contributed by atoms with Crippen LogP contribution in [0, 0.1) is 0 Å². The van der Waals surface area contributed by atoms with Gasteiger partial charge in [-0.3, -0.25) is 0 Å². The fraction of sp³-hybridized carbons (Fsp3) is 0.125. The third-order valence-corrected chi connectivity index (χ3v) is 2.50. The number of carboxylic acids is 1. The molecule has 7 heteroatoms. The molecule has 2 heterocycles. The molecule has 0 atom stereocenters. The van der Waals surface area contributed by atoms with Crippen molar-refractivity contribution in [2.75, 3.05) is 7.11 Å². The van der Waals surface area contributed by atoms with Crippen molar-refractivity contribution in [3.63, 3.8) is 0 Å². The van der Waals surface area contributed by atoms with Crippen LogP contribution in [0.25, 0.3) is 5.82 Å². The summed E-state index contributed by atoms with van der Waals surface area (Å²) in [4.78, 5) is 14.7. The molecule has 0 unspecified atom stereocenters. The predicted octanol–water partition coefficient (Wildman–Crippen LogP) is 1.04. The normalized spacial score (nSPS) is 10.2. The van der Waals surface area contributed by atoms with Gasteiger partial charge in [0.1, 0.15) is 0 Å². The summed E-state index contributed by atoms with van der Waals surface area (Å²) in [5, 5.41) is 14.8. The van der Waals surface area contributed by atoms with E-state index in [9.17, 15) is 4.79 Å². The quantitative estimate of drug-likeness (QED) is 0.844. The zero-order chi connectivity index (χ0) is 10.8. The fourth-order valence-corrected chi connectivity index (χ4v) is 1.62. The van der Waals surface area contributed by atoms with Gasteiger partial charge >= 0.3 is 5.97 Å². The van der Waals surface area contributed by atoms with Gasteiger partial charge in [0.15, 0.2) is 5.82 Å². The van der Waals surface area contributed by atoms with E-state index in [1.165, 1.54) is 35.5 Å². The smallest absolute Gasteiger partial charge is 0.338 e. The zero-order valence-electron chi connectivity index (χ0n) is 7.75. The summed E-state index contributed by atoms with van der Waals surface area (Å²) >= 11 is 1.32. The SMILES string of the molecule is COc1nc(-n2cc(C(=O)O)cn2)cs1. The molecule has 0 radical (unpaired) electrons. The van der Waals surface area contributed by atoms with E-state index < -0.39 is 5.97 Å². The number of methoxy groups -OCH3 is 1. The Morgan fingerprint density at radius 2 is 2.47 bits per heavy atom. The van der Waals surface area contributed by atoms with Gasteiger partial charge in [0.25, 0.3) is 5.19 Å². The van der Waals surface area contributed by atoms with Crippen LogP contribution in [0.1, 0.15) is 10.4 Å². The van der Waals surface area contributed by atoms with Gasteiger partial charge in [-0.2, -0.15) is 10.1 Å². The van der Waals surface area contributed by atoms with Crippen molar-refractivity contribution in [3.05, 3.63) is 23.3 Å². The average molecular weight is 225 g/mol. The van der Waals surface area contributed by atoms with Gasteiger partial charge in [0.05, 0.1) is 18.9 Å². The van der Waals surface area contributed by atoms with Gasteiger partial charge in [0, 0.05) is 11.6 Å². The van der Waals surface area contributed by atoms with Gasteiger partial charge in [-0.05, 0) is 0 Å². The number of hydrogen-bond donors (Lipinski definition) is 1. The maximum absolute atomic E-state index is 10.6. The first-order valence-electron chi connectivity index (χ1n) is 3.98. The lowest BCUT2D eigenvalue weighted by Crippen LogP contribution is -1.96. The van der Waals surface area contributed by atoms with E-state index in [0.717, 1.165) is 0 Å². The Hall–Kier alpha value is -1.89. The van der Waals surface area contributed by atoms with Crippen molar-refractivity contribution < 1.29 is 14.6 Å². The predicted molar refractivity (Wildman–Crippen MR) is 52.7 cm³/mol. The number of nitrogens with zero attached hydrogens (tertiary/aromatic N) is 3. The van der Waals surface area contributed by atoms with Crippen molar-refractivity contribution in [2.24, 2.45) is 0 Å². The molecule has 0 saturated heterocycles. The lowest BCUT2D eigenvalue weighted by atomic mass is 10.4. The second-order valence-electron chi connectivity index (χ2n) is 2.65. The minimum atomic E-state index is -1.01. The molecule has 0 aliphatic carbocycles. The second kappa shape index (κ2) is 3.70. The minimum Gasteiger partial charge on any atom is -0.478 e. The third kappa shape index (κ3) is 1.82. The molecule has 0 spiro atoms. The molecule has 0 aliphatic heterocycles. The minimum absolute atomic E-state index is 0.127. The Bertz CT molecular complexity index is 491. The number of carboxylic acid groups (broad SMARTS) is 1. The highest BCUT2D eigenvalue weighted by Crippen LogP contribution is 2.19. The highest BCUT2D eigenvalue weighted by Gasteiger charge is 2.09. The highest BCUT2D eigenvalue weighted by atomic mass is 32.1. The first-order valence-corrected chi connectivity index (χ1v) is 4.86. The first-order chi connectivity index (χ1) is 7.20. The summed E-state index contributed by atoms with van der Waals surface area (Å²) < 4.78 is 6.31. The number of aromatic nitrogens is 3. The molecule has 0 fully saturated rings. The molecule has 0 aromatic carbocycles. The Morgan fingerprint density at radius 3 is 3.00 bits per heavy atom. The number of carbonyl (C=O) groups is 1. The molecule has 2 rings (SSSR count). The lowest BCUT2D eigenvalue weighted by molar-refractivity contribution is 0.0697. The first kappa shape index (κ1) is 9.66. The van der Waals surface area contributed by atoms with E-state index in [2.05, 4.69) is 10.1 Å². The summed E-state index contributed by atoms with van der Waals surface area (Å²) in [5.74, 6) is -0.465. The molecule has 78 valence electrons. The molecule has 2 aromatic heterocycles. The molecule has 1 N–H and O–H groups in total. The van der Waals surface area contributed by atoms with E-state index >= 15 is 0 Å². The third-order valence-electron chi connectivity index (χ3n) is 1.71. The Morgan fingerprint density at radius 1 is 1.67 bits per heavy atom. The van der Waals surface area contributed by atoms with E-state index in [1.54, 1.807) is 5.38 Å². The van der Waals surface area contributed by atoms with Crippen molar-refractivity contribution in [2.45, 2.75) is 0 Å². The lowest BCUT2D eigenvalue weighted by Gasteiger charge is -1.92. The van der Waals surface area contributed by atoms with Crippen LogP contribution < -0.4 is 4.74 Å². The van der Waals surface area contributed by atoms with Crippen LogP contribution in [-0.2, 0) is 0 Å². The van der Waals surface area contributed by atoms with Crippen LogP contribution in [0.15, 0.2) is 17.8 Å². The maximum Gasteiger partial charge on any atom is 0.338 e. The van der Waals surface area contributed by atoms with E-state index in [0.29, 0.717) is 11.0 Å². The van der Waals surface area contributed by atoms with Crippen molar-refractivity contribution in [1.29, 1.82) is 0 Å². The molecule has 2 aromatic rings. The molecule has 0 bridgehead atoms. The number of aromatic carboxylic acids is 1. The van der Waals surface area contributed by atoms with Crippen LogP contribution in [0.3, 0.4) is 0 Å². The van der Waals surface area contributed by atoms with E-state index in [4.69, 9.17) is 9.84 Å². The zero-order valence-corrected chi connectivity index (χ0v) is 8.56. The van der Waals surface area contributed by atoms with Gasteiger partial charge in [-0.1, -0.05) is 11.3 Å². The average Bonchev–Trinajstić information content (AvgIpc) is 2.86. The summed E-state index contributed by atoms with van der Waals surface area (Å²) in [6.07, 6.45) is 2.67. The largest absolute Gasteiger partial charge is 0.478 e. The topological polar surface area (TPSA) is 77.2 Å². The maximum atomic E-state index is 10.6. The van der Waals surface area contributed by atoms with Crippen LogP contribution in [0.5, 0.6) is 5.19 Å². The van der Waals surface area contributed by atoms with Crippen LogP contribution >= 0.6 is 11.3 Å². The summed E-state index contributed by atoms with van der Waals surface area (Å²) in [6, 6.07) is 0. The van der Waals surface area contributed by atoms with Crippen molar-refractivity contribution in [1.82, 2.24) is 14.8 Å². The molecule has 0 saturated carbocycles.